The number of imidazole rings is 1. The number of rotatable bonds is 1. The van der Waals surface area contributed by atoms with Gasteiger partial charge in [-0.3, -0.25) is 5.10 Å². The minimum absolute atomic E-state index is 0.0375. The fourth-order valence-electron chi connectivity index (χ4n) is 1.22. The van der Waals surface area contributed by atoms with Crippen LogP contribution in [0.15, 0.2) is 12.4 Å². The molecule has 0 aliphatic rings. The van der Waals surface area contributed by atoms with Gasteiger partial charge in [0, 0.05) is 23.7 Å². The molecule has 2 heterocycles. The summed E-state index contributed by atoms with van der Waals surface area (Å²) < 4.78 is 1.79. The van der Waals surface area contributed by atoms with Crippen molar-refractivity contribution in [2.75, 3.05) is 0 Å². The van der Waals surface area contributed by atoms with Gasteiger partial charge in [-0.25, -0.2) is 9.50 Å². The minimum Gasteiger partial charge on any atom is -0.391 e. The van der Waals surface area contributed by atoms with Gasteiger partial charge in [-0.15, -0.1) is 0 Å². The molecule has 0 saturated carbocycles. The summed E-state index contributed by atoms with van der Waals surface area (Å²) in [5, 5.41) is 12.0. The highest BCUT2D eigenvalue weighted by molar-refractivity contribution is 5.49. The first-order valence-electron chi connectivity index (χ1n) is 3.44. The molecule has 0 aliphatic carbocycles. The normalized spacial score (nSPS) is 11.1. The number of nitrogens with one attached hydrogen (secondary N) is 1. The summed E-state index contributed by atoms with van der Waals surface area (Å²) in [6.45, 7) is 1.95. The van der Waals surface area contributed by atoms with E-state index in [1.54, 1.807) is 10.7 Å². The zero-order valence-corrected chi connectivity index (χ0v) is 6.20. The van der Waals surface area contributed by atoms with E-state index in [2.05, 4.69) is 10.1 Å². The van der Waals surface area contributed by atoms with Crippen molar-refractivity contribution < 1.29 is 5.11 Å². The fraction of sp³-hybridized carbons (Fsp3) is 0.286. The summed E-state index contributed by atoms with van der Waals surface area (Å²) in [6, 6.07) is 0. The van der Waals surface area contributed by atoms with Crippen molar-refractivity contribution in [1.82, 2.24) is 14.6 Å². The molecule has 0 bridgehead atoms. The first-order chi connectivity index (χ1) is 5.33. The zero-order valence-electron chi connectivity index (χ0n) is 6.20. The second-order valence-corrected chi connectivity index (χ2v) is 2.49. The van der Waals surface area contributed by atoms with Gasteiger partial charge in [-0.05, 0) is 6.92 Å². The Labute approximate surface area is 63.5 Å². The highest BCUT2D eigenvalue weighted by atomic mass is 16.3. The Kier molecular flexibility index (Phi) is 1.22. The summed E-state index contributed by atoms with van der Waals surface area (Å²) in [6.07, 6.45) is 3.52. The van der Waals surface area contributed by atoms with Crippen LogP contribution in [0.25, 0.3) is 5.65 Å². The number of hydrogen-bond donors (Lipinski definition) is 2. The number of aromatic amines is 1. The Bertz CT molecular complexity index is 374. The molecule has 4 heteroatoms. The summed E-state index contributed by atoms with van der Waals surface area (Å²) >= 11 is 0. The lowest BCUT2D eigenvalue weighted by Crippen LogP contribution is -1.84. The smallest absolute Gasteiger partial charge is 0.158 e. The molecule has 2 aromatic heterocycles. The lowest BCUT2D eigenvalue weighted by molar-refractivity contribution is 0.282. The van der Waals surface area contributed by atoms with E-state index in [0.29, 0.717) is 0 Å². The number of aromatic nitrogens is 3. The van der Waals surface area contributed by atoms with E-state index in [9.17, 15) is 0 Å². The highest BCUT2D eigenvalue weighted by Crippen LogP contribution is 2.12. The van der Waals surface area contributed by atoms with E-state index >= 15 is 0 Å². The third kappa shape index (κ3) is 0.760. The van der Waals surface area contributed by atoms with Crippen LogP contribution in [0.5, 0.6) is 0 Å². The lowest BCUT2D eigenvalue weighted by atomic mass is 10.3. The Morgan fingerprint density at radius 2 is 2.55 bits per heavy atom. The van der Waals surface area contributed by atoms with Gasteiger partial charge in [0.15, 0.2) is 5.65 Å². The first kappa shape index (κ1) is 6.42. The lowest BCUT2D eigenvalue weighted by Gasteiger charge is -1.88. The largest absolute Gasteiger partial charge is 0.391 e. The molecule has 2 N–H and O–H groups in total. The van der Waals surface area contributed by atoms with Crippen LogP contribution in [0.3, 0.4) is 0 Å². The summed E-state index contributed by atoms with van der Waals surface area (Å²) in [5.41, 5.74) is 2.65. The Balaban J connectivity index is 2.80. The van der Waals surface area contributed by atoms with E-state index < -0.39 is 0 Å². The monoisotopic (exact) mass is 151 g/mol. The number of H-pyrrole nitrogens is 1. The van der Waals surface area contributed by atoms with E-state index in [1.807, 2.05) is 13.1 Å². The number of nitrogens with zero attached hydrogens (tertiary/aromatic N) is 2. The summed E-state index contributed by atoms with van der Waals surface area (Å²) in [4.78, 5) is 4.08. The van der Waals surface area contributed by atoms with E-state index in [0.717, 1.165) is 16.9 Å². The van der Waals surface area contributed by atoms with Gasteiger partial charge in [0.1, 0.15) is 0 Å². The minimum atomic E-state index is 0.0375. The SMILES string of the molecule is Cc1[nH]n2ccnc2c1CO. The van der Waals surface area contributed by atoms with Crippen LogP contribution in [0.2, 0.25) is 0 Å². The standard InChI is InChI=1S/C7H9N3O/c1-5-6(4-11)7-8-2-3-10(7)9-5/h2-3,9,11H,4H2,1H3. The Hall–Kier alpha value is -1.29. The highest BCUT2D eigenvalue weighted by Gasteiger charge is 2.06. The first-order valence-corrected chi connectivity index (χ1v) is 3.44. The molecule has 0 saturated heterocycles. The van der Waals surface area contributed by atoms with Crippen molar-refractivity contribution in [1.29, 1.82) is 0 Å². The van der Waals surface area contributed by atoms with E-state index in [4.69, 9.17) is 5.11 Å². The van der Waals surface area contributed by atoms with Gasteiger partial charge in [0.25, 0.3) is 0 Å². The van der Waals surface area contributed by atoms with Gasteiger partial charge in [-0.1, -0.05) is 0 Å². The Morgan fingerprint density at radius 3 is 3.27 bits per heavy atom. The number of aliphatic hydroxyl groups is 1. The van der Waals surface area contributed by atoms with Crippen LogP contribution in [-0.2, 0) is 6.61 Å². The maximum atomic E-state index is 8.95. The summed E-state index contributed by atoms with van der Waals surface area (Å²) in [7, 11) is 0. The maximum Gasteiger partial charge on any atom is 0.158 e. The quantitative estimate of drug-likeness (QED) is 0.622. The molecule has 0 aliphatic heterocycles. The molecular weight excluding hydrogens is 142 g/mol. The van der Waals surface area contributed by atoms with Gasteiger partial charge in [0.05, 0.1) is 6.61 Å². The van der Waals surface area contributed by atoms with Crippen molar-refractivity contribution >= 4 is 5.65 Å². The van der Waals surface area contributed by atoms with Crippen LogP contribution >= 0.6 is 0 Å². The predicted molar refractivity (Wildman–Crippen MR) is 40.2 cm³/mol. The topological polar surface area (TPSA) is 53.3 Å². The molecule has 2 rings (SSSR count). The van der Waals surface area contributed by atoms with Crippen molar-refractivity contribution in [2.45, 2.75) is 13.5 Å². The molecule has 0 atom stereocenters. The summed E-state index contributed by atoms with van der Waals surface area (Å²) in [5.74, 6) is 0. The van der Waals surface area contributed by atoms with Crippen molar-refractivity contribution in [2.24, 2.45) is 0 Å². The molecular formula is C7H9N3O. The molecule has 2 aromatic rings. The number of aliphatic hydroxyl groups excluding tert-OH is 1. The average Bonchev–Trinajstić information content (AvgIpc) is 2.46. The second-order valence-electron chi connectivity index (χ2n) is 2.49. The van der Waals surface area contributed by atoms with E-state index in [-0.39, 0.29) is 6.61 Å². The van der Waals surface area contributed by atoms with E-state index in [1.165, 1.54) is 0 Å². The van der Waals surface area contributed by atoms with Gasteiger partial charge in [-0.2, -0.15) is 0 Å². The molecule has 0 amide bonds. The molecule has 0 radical (unpaired) electrons. The third-order valence-corrected chi connectivity index (χ3v) is 1.81. The zero-order chi connectivity index (χ0) is 7.84. The molecule has 11 heavy (non-hydrogen) atoms. The fourth-order valence-corrected chi connectivity index (χ4v) is 1.22. The van der Waals surface area contributed by atoms with Gasteiger partial charge in [0.2, 0.25) is 0 Å². The molecule has 4 nitrogen and oxygen atoms in total. The third-order valence-electron chi connectivity index (χ3n) is 1.81. The molecule has 0 fully saturated rings. The van der Waals surface area contributed by atoms with Gasteiger partial charge >= 0.3 is 0 Å². The van der Waals surface area contributed by atoms with Crippen molar-refractivity contribution in [3.8, 4) is 0 Å². The molecule has 58 valence electrons. The van der Waals surface area contributed by atoms with Crippen LogP contribution in [0.4, 0.5) is 0 Å². The Morgan fingerprint density at radius 1 is 1.73 bits per heavy atom. The van der Waals surface area contributed by atoms with Crippen LogP contribution in [0, 0.1) is 6.92 Å². The maximum absolute atomic E-state index is 8.95. The average molecular weight is 151 g/mol. The van der Waals surface area contributed by atoms with Crippen LogP contribution in [-0.4, -0.2) is 19.7 Å². The number of hydrogen-bond acceptors (Lipinski definition) is 2. The number of fused-ring (bicyclic) bond motifs is 1. The number of aryl methyl sites for hydroxylation is 1. The molecule has 0 spiro atoms. The second kappa shape index (κ2) is 2.10. The van der Waals surface area contributed by atoms with Crippen LogP contribution in [0.1, 0.15) is 11.3 Å². The molecule has 0 aromatic carbocycles. The van der Waals surface area contributed by atoms with Crippen molar-refractivity contribution in [3.05, 3.63) is 23.7 Å². The molecule has 0 unspecified atom stereocenters. The van der Waals surface area contributed by atoms with Crippen LogP contribution < -0.4 is 0 Å². The van der Waals surface area contributed by atoms with Gasteiger partial charge < -0.3 is 5.11 Å². The van der Waals surface area contributed by atoms with Crippen molar-refractivity contribution in [3.63, 3.8) is 0 Å². The predicted octanol–water partition coefficient (Wildman–Crippen LogP) is 0.463.